The number of carbonyl (C=O) groups is 1. The first-order valence-corrected chi connectivity index (χ1v) is 6.84. The number of amides is 1. The van der Waals surface area contributed by atoms with E-state index in [1.807, 2.05) is 12.1 Å². The van der Waals surface area contributed by atoms with Gasteiger partial charge in [0.05, 0.1) is 0 Å². The van der Waals surface area contributed by atoms with Gasteiger partial charge in [-0.25, -0.2) is 0 Å². The van der Waals surface area contributed by atoms with Gasteiger partial charge in [-0.15, -0.1) is 0 Å². The summed E-state index contributed by atoms with van der Waals surface area (Å²) in [6.45, 7) is 0.635. The second-order valence-electron chi connectivity index (χ2n) is 5.62. The average molecular weight is 244 g/mol. The van der Waals surface area contributed by atoms with E-state index in [-0.39, 0.29) is 17.9 Å². The highest BCUT2D eigenvalue weighted by Gasteiger charge is 2.30. The standard InChI is InChI=1S/C15H20N2O/c16-14(10-5-6-10)9-17-15(18)13-7-11-3-1-2-4-12(11)8-13/h1-4,10,13-14H,5-9,16H2,(H,17,18). The van der Waals surface area contributed by atoms with E-state index < -0.39 is 0 Å². The Balaban J connectivity index is 1.52. The summed E-state index contributed by atoms with van der Waals surface area (Å²) in [5, 5.41) is 3.02. The van der Waals surface area contributed by atoms with E-state index in [1.54, 1.807) is 0 Å². The molecule has 1 aromatic carbocycles. The molecule has 2 aliphatic carbocycles. The van der Waals surface area contributed by atoms with E-state index in [1.165, 1.54) is 24.0 Å². The molecule has 0 bridgehead atoms. The van der Waals surface area contributed by atoms with E-state index in [0.717, 1.165) is 12.8 Å². The predicted molar refractivity (Wildman–Crippen MR) is 71.0 cm³/mol. The summed E-state index contributed by atoms with van der Waals surface area (Å²) in [6, 6.07) is 8.49. The van der Waals surface area contributed by atoms with E-state index in [0.29, 0.717) is 12.5 Å². The van der Waals surface area contributed by atoms with Crippen LogP contribution >= 0.6 is 0 Å². The molecule has 0 radical (unpaired) electrons. The van der Waals surface area contributed by atoms with Gasteiger partial charge in [0.25, 0.3) is 0 Å². The molecule has 2 aliphatic rings. The lowest BCUT2D eigenvalue weighted by Crippen LogP contribution is -2.41. The molecule has 3 heteroatoms. The van der Waals surface area contributed by atoms with Crippen LogP contribution in [0.5, 0.6) is 0 Å². The van der Waals surface area contributed by atoms with Crippen molar-refractivity contribution >= 4 is 5.91 Å². The number of hydrogen-bond donors (Lipinski definition) is 2. The molecule has 0 spiro atoms. The summed E-state index contributed by atoms with van der Waals surface area (Å²) in [4.78, 5) is 12.1. The monoisotopic (exact) mass is 244 g/mol. The molecule has 3 rings (SSSR count). The topological polar surface area (TPSA) is 55.1 Å². The minimum Gasteiger partial charge on any atom is -0.354 e. The largest absolute Gasteiger partial charge is 0.354 e. The van der Waals surface area contributed by atoms with Crippen molar-refractivity contribution in [2.45, 2.75) is 31.7 Å². The number of rotatable bonds is 4. The molecule has 3 nitrogen and oxygen atoms in total. The first kappa shape index (κ1) is 11.7. The van der Waals surface area contributed by atoms with Gasteiger partial charge in [0.1, 0.15) is 0 Å². The van der Waals surface area contributed by atoms with Gasteiger partial charge in [0.15, 0.2) is 0 Å². The first-order chi connectivity index (χ1) is 8.74. The first-order valence-electron chi connectivity index (χ1n) is 6.84. The van der Waals surface area contributed by atoms with Gasteiger partial charge in [0, 0.05) is 18.5 Å². The van der Waals surface area contributed by atoms with Crippen LogP contribution in [0.2, 0.25) is 0 Å². The minimum absolute atomic E-state index is 0.105. The highest BCUT2D eigenvalue weighted by atomic mass is 16.1. The Morgan fingerprint density at radius 3 is 2.44 bits per heavy atom. The molecule has 0 aliphatic heterocycles. The maximum atomic E-state index is 12.1. The Hall–Kier alpha value is -1.35. The second kappa shape index (κ2) is 4.73. The number of nitrogens with two attached hydrogens (primary N) is 1. The van der Waals surface area contributed by atoms with Crippen LogP contribution in [0.4, 0.5) is 0 Å². The molecule has 1 amide bonds. The summed E-state index contributed by atoms with van der Waals surface area (Å²) in [5.41, 5.74) is 8.64. The van der Waals surface area contributed by atoms with Crippen LogP contribution in [-0.2, 0) is 17.6 Å². The zero-order valence-corrected chi connectivity index (χ0v) is 10.6. The highest BCUT2D eigenvalue weighted by molar-refractivity contribution is 5.80. The van der Waals surface area contributed by atoms with Crippen LogP contribution < -0.4 is 11.1 Å². The summed E-state index contributed by atoms with van der Waals surface area (Å²) in [6.07, 6.45) is 4.21. The van der Waals surface area contributed by atoms with Crippen LogP contribution in [0, 0.1) is 11.8 Å². The molecule has 3 N–H and O–H groups in total. The quantitative estimate of drug-likeness (QED) is 0.837. The molecule has 0 saturated heterocycles. The maximum Gasteiger partial charge on any atom is 0.223 e. The fraction of sp³-hybridized carbons (Fsp3) is 0.533. The van der Waals surface area contributed by atoms with Gasteiger partial charge >= 0.3 is 0 Å². The summed E-state index contributed by atoms with van der Waals surface area (Å²) >= 11 is 0. The number of fused-ring (bicyclic) bond motifs is 1. The van der Waals surface area contributed by atoms with E-state index >= 15 is 0 Å². The van der Waals surface area contributed by atoms with Gasteiger partial charge in [0.2, 0.25) is 5.91 Å². The molecule has 1 saturated carbocycles. The van der Waals surface area contributed by atoms with E-state index in [4.69, 9.17) is 5.73 Å². The Labute approximate surface area is 108 Å². The Kier molecular flexibility index (Phi) is 3.08. The molecule has 1 unspecified atom stereocenters. The lowest BCUT2D eigenvalue weighted by atomic mass is 10.1. The SMILES string of the molecule is NC(CNC(=O)C1Cc2ccccc2C1)C1CC1. The van der Waals surface area contributed by atoms with Crippen LogP contribution in [0.3, 0.4) is 0 Å². The maximum absolute atomic E-state index is 12.1. The zero-order valence-electron chi connectivity index (χ0n) is 10.6. The molecular formula is C15H20N2O. The fourth-order valence-electron chi connectivity index (χ4n) is 2.80. The number of benzene rings is 1. The van der Waals surface area contributed by atoms with Gasteiger partial charge < -0.3 is 11.1 Å². The van der Waals surface area contributed by atoms with Crippen molar-refractivity contribution in [1.82, 2.24) is 5.32 Å². The van der Waals surface area contributed by atoms with Crippen molar-refractivity contribution in [3.05, 3.63) is 35.4 Å². The summed E-state index contributed by atoms with van der Waals surface area (Å²) < 4.78 is 0. The number of carbonyl (C=O) groups excluding carboxylic acids is 1. The van der Waals surface area contributed by atoms with Crippen molar-refractivity contribution in [3.8, 4) is 0 Å². The van der Waals surface area contributed by atoms with Crippen molar-refractivity contribution in [1.29, 1.82) is 0 Å². The molecule has 18 heavy (non-hydrogen) atoms. The van der Waals surface area contributed by atoms with Crippen LogP contribution in [0.15, 0.2) is 24.3 Å². The summed E-state index contributed by atoms with van der Waals surface area (Å²) in [7, 11) is 0. The zero-order chi connectivity index (χ0) is 12.5. The van der Waals surface area contributed by atoms with Crippen molar-refractivity contribution in [3.63, 3.8) is 0 Å². The molecule has 1 fully saturated rings. The average Bonchev–Trinajstić information content (AvgIpc) is 3.14. The van der Waals surface area contributed by atoms with Crippen LogP contribution in [0.25, 0.3) is 0 Å². The lowest BCUT2D eigenvalue weighted by Gasteiger charge is -2.14. The molecule has 96 valence electrons. The van der Waals surface area contributed by atoms with Crippen molar-refractivity contribution < 1.29 is 4.79 Å². The molecule has 0 heterocycles. The number of hydrogen-bond acceptors (Lipinski definition) is 2. The lowest BCUT2D eigenvalue weighted by molar-refractivity contribution is -0.124. The molecular weight excluding hydrogens is 224 g/mol. The second-order valence-corrected chi connectivity index (χ2v) is 5.62. The Morgan fingerprint density at radius 2 is 1.89 bits per heavy atom. The molecule has 1 aromatic rings. The smallest absolute Gasteiger partial charge is 0.223 e. The third kappa shape index (κ3) is 2.41. The highest BCUT2D eigenvalue weighted by Crippen LogP contribution is 2.31. The van der Waals surface area contributed by atoms with Crippen LogP contribution in [0.1, 0.15) is 24.0 Å². The molecule has 0 aromatic heterocycles. The van der Waals surface area contributed by atoms with E-state index in [9.17, 15) is 4.79 Å². The molecule has 1 atom stereocenters. The summed E-state index contributed by atoms with van der Waals surface area (Å²) in [5.74, 6) is 0.919. The Bertz CT molecular complexity index is 429. The Morgan fingerprint density at radius 1 is 1.28 bits per heavy atom. The van der Waals surface area contributed by atoms with E-state index in [2.05, 4.69) is 17.4 Å². The van der Waals surface area contributed by atoms with Gasteiger partial charge in [-0.05, 0) is 42.7 Å². The van der Waals surface area contributed by atoms with Gasteiger partial charge in [-0.3, -0.25) is 4.79 Å². The van der Waals surface area contributed by atoms with Gasteiger partial charge in [-0.2, -0.15) is 0 Å². The minimum atomic E-state index is 0.105. The third-order valence-electron chi connectivity index (χ3n) is 4.16. The number of nitrogens with one attached hydrogen (secondary N) is 1. The predicted octanol–water partition coefficient (Wildman–Crippen LogP) is 1.25. The fourth-order valence-corrected chi connectivity index (χ4v) is 2.80. The van der Waals surface area contributed by atoms with Crippen molar-refractivity contribution in [2.24, 2.45) is 17.6 Å². The van der Waals surface area contributed by atoms with Gasteiger partial charge in [-0.1, -0.05) is 24.3 Å². The third-order valence-corrected chi connectivity index (χ3v) is 4.16. The van der Waals surface area contributed by atoms with Crippen molar-refractivity contribution in [2.75, 3.05) is 6.54 Å². The van der Waals surface area contributed by atoms with Crippen LogP contribution in [-0.4, -0.2) is 18.5 Å². The normalized spacial score (nSPS) is 20.5.